The molecule has 0 aliphatic carbocycles. The van der Waals surface area contributed by atoms with Crippen molar-refractivity contribution in [2.75, 3.05) is 18.2 Å². The van der Waals surface area contributed by atoms with Gasteiger partial charge < -0.3 is 20.9 Å². The van der Waals surface area contributed by atoms with E-state index in [9.17, 15) is 9.90 Å². The van der Waals surface area contributed by atoms with Gasteiger partial charge in [-0.15, -0.1) is 0 Å². The van der Waals surface area contributed by atoms with Gasteiger partial charge in [-0.05, 0) is 24.3 Å². The highest BCUT2D eigenvalue weighted by molar-refractivity contribution is 6.34. The number of halogens is 1. The van der Waals surface area contributed by atoms with Crippen LogP contribution in [0.4, 0.5) is 11.4 Å². The average molecular weight is 293 g/mol. The summed E-state index contributed by atoms with van der Waals surface area (Å²) in [4.78, 5) is 12.2. The molecule has 2 aromatic carbocycles. The van der Waals surface area contributed by atoms with E-state index in [4.69, 9.17) is 22.1 Å². The molecule has 0 spiro atoms. The van der Waals surface area contributed by atoms with E-state index >= 15 is 0 Å². The molecule has 0 unspecified atom stereocenters. The lowest BCUT2D eigenvalue weighted by Crippen LogP contribution is -2.14. The third-order valence-electron chi connectivity index (χ3n) is 2.75. The Morgan fingerprint density at radius 3 is 2.65 bits per heavy atom. The summed E-state index contributed by atoms with van der Waals surface area (Å²) in [5.74, 6) is -0.552. The van der Waals surface area contributed by atoms with Crippen molar-refractivity contribution in [1.82, 2.24) is 0 Å². The Kier molecular flexibility index (Phi) is 4.00. The van der Waals surface area contributed by atoms with E-state index < -0.39 is 5.91 Å². The molecule has 0 saturated carbocycles. The molecule has 0 radical (unpaired) electrons. The maximum Gasteiger partial charge on any atom is 0.259 e. The van der Waals surface area contributed by atoms with Crippen molar-refractivity contribution < 1.29 is 14.6 Å². The highest BCUT2D eigenvalue weighted by Crippen LogP contribution is 2.32. The number of nitrogens with two attached hydrogens (primary N) is 1. The molecule has 104 valence electrons. The van der Waals surface area contributed by atoms with Crippen molar-refractivity contribution in [2.45, 2.75) is 0 Å². The molecule has 0 aromatic heterocycles. The number of carbonyl (C=O) groups excluding carboxylic acids is 1. The van der Waals surface area contributed by atoms with Crippen molar-refractivity contribution in [3.8, 4) is 11.5 Å². The van der Waals surface area contributed by atoms with Gasteiger partial charge in [0.15, 0.2) is 11.5 Å². The second kappa shape index (κ2) is 5.71. The number of carbonyl (C=O) groups is 1. The quantitative estimate of drug-likeness (QED) is 0.759. The molecule has 5 nitrogen and oxygen atoms in total. The fourth-order valence-electron chi connectivity index (χ4n) is 1.72. The van der Waals surface area contributed by atoms with Gasteiger partial charge >= 0.3 is 0 Å². The zero-order chi connectivity index (χ0) is 14.7. The first-order chi connectivity index (χ1) is 9.54. The molecule has 0 saturated heterocycles. The fourth-order valence-corrected chi connectivity index (χ4v) is 1.95. The number of hydrogen-bond acceptors (Lipinski definition) is 4. The van der Waals surface area contributed by atoms with Gasteiger partial charge in [-0.25, -0.2) is 0 Å². The van der Waals surface area contributed by atoms with E-state index in [0.717, 1.165) is 0 Å². The van der Waals surface area contributed by atoms with E-state index in [0.29, 0.717) is 16.4 Å². The highest BCUT2D eigenvalue weighted by Gasteiger charge is 2.16. The minimum Gasteiger partial charge on any atom is -0.504 e. The van der Waals surface area contributed by atoms with Crippen LogP contribution in [0.15, 0.2) is 36.4 Å². The van der Waals surface area contributed by atoms with Crippen LogP contribution in [0.1, 0.15) is 10.4 Å². The number of para-hydroxylation sites is 2. The largest absolute Gasteiger partial charge is 0.504 e. The molecule has 1 amide bonds. The van der Waals surface area contributed by atoms with Gasteiger partial charge in [-0.1, -0.05) is 23.7 Å². The van der Waals surface area contributed by atoms with E-state index in [1.54, 1.807) is 30.3 Å². The van der Waals surface area contributed by atoms with Crippen molar-refractivity contribution in [2.24, 2.45) is 0 Å². The number of hydrogen-bond donors (Lipinski definition) is 3. The lowest BCUT2D eigenvalue weighted by atomic mass is 10.1. The molecule has 20 heavy (non-hydrogen) atoms. The molecule has 0 bridgehead atoms. The SMILES string of the molecule is COc1cccc(C(=O)Nc2c(N)cccc2Cl)c1O. The summed E-state index contributed by atoms with van der Waals surface area (Å²) in [5, 5.41) is 12.8. The first kappa shape index (κ1) is 14.0. The number of amides is 1. The van der Waals surface area contributed by atoms with Crippen LogP contribution < -0.4 is 15.8 Å². The Balaban J connectivity index is 2.34. The van der Waals surface area contributed by atoms with Crippen LogP contribution >= 0.6 is 11.6 Å². The lowest BCUT2D eigenvalue weighted by molar-refractivity contribution is 0.102. The van der Waals surface area contributed by atoms with Crippen LogP contribution in [0.25, 0.3) is 0 Å². The van der Waals surface area contributed by atoms with Crippen LogP contribution in [0.3, 0.4) is 0 Å². The van der Waals surface area contributed by atoms with Gasteiger partial charge in [0.05, 0.1) is 29.1 Å². The maximum atomic E-state index is 12.2. The number of phenols is 1. The second-order valence-electron chi connectivity index (χ2n) is 4.01. The normalized spacial score (nSPS) is 10.1. The molecule has 0 heterocycles. The highest BCUT2D eigenvalue weighted by atomic mass is 35.5. The van der Waals surface area contributed by atoms with Crippen molar-refractivity contribution in [1.29, 1.82) is 0 Å². The van der Waals surface area contributed by atoms with Crippen LogP contribution in [0, 0.1) is 0 Å². The molecule has 0 fully saturated rings. The van der Waals surface area contributed by atoms with Gasteiger partial charge in [0.1, 0.15) is 0 Å². The van der Waals surface area contributed by atoms with Crippen LogP contribution in [0.2, 0.25) is 5.02 Å². The summed E-state index contributed by atoms with van der Waals surface area (Å²) in [5.41, 5.74) is 6.48. The van der Waals surface area contributed by atoms with Gasteiger partial charge in [-0.2, -0.15) is 0 Å². The van der Waals surface area contributed by atoms with Crippen LogP contribution in [-0.2, 0) is 0 Å². The molecule has 2 aromatic rings. The van der Waals surface area contributed by atoms with Gasteiger partial charge in [0.25, 0.3) is 5.91 Å². The number of nitrogens with one attached hydrogen (secondary N) is 1. The standard InChI is InChI=1S/C14H13ClN2O3/c1-20-11-7-2-4-8(13(11)18)14(19)17-12-9(15)5-3-6-10(12)16/h2-7,18H,16H2,1H3,(H,17,19). The zero-order valence-corrected chi connectivity index (χ0v) is 11.4. The number of nitrogen functional groups attached to an aromatic ring is 1. The molecule has 2 rings (SSSR count). The molecular weight excluding hydrogens is 280 g/mol. The number of phenolic OH excluding ortho intramolecular Hbond substituents is 1. The van der Waals surface area contributed by atoms with E-state index in [1.807, 2.05) is 0 Å². The average Bonchev–Trinajstić information content (AvgIpc) is 2.43. The number of benzene rings is 2. The van der Waals surface area contributed by atoms with E-state index in [1.165, 1.54) is 13.2 Å². The number of rotatable bonds is 3. The second-order valence-corrected chi connectivity index (χ2v) is 4.42. The molecule has 0 aliphatic heterocycles. The van der Waals surface area contributed by atoms with Crippen LogP contribution in [-0.4, -0.2) is 18.1 Å². The lowest BCUT2D eigenvalue weighted by Gasteiger charge is -2.12. The predicted molar refractivity (Wildman–Crippen MR) is 78.5 cm³/mol. The molecule has 0 atom stereocenters. The topological polar surface area (TPSA) is 84.6 Å². The first-order valence-corrected chi connectivity index (χ1v) is 6.13. The minimum atomic E-state index is -0.527. The van der Waals surface area contributed by atoms with E-state index in [-0.39, 0.29) is 17.1 Å². The van der Waals surface area contributed by atoms with Gasteiger partial charge in [0, 0.05) is 0 Å². The third-order valence-corrected chi connectivity index (χ3v) is 3.06. The molecule has 0 aliphatic rings. The molecule has 6 heteroatoms. The Bertz CT molecular complexity index is 639. The first-order valence-electron chi connectivity index (χ1n) is 5.76. The van der Waals surface area contributed by atoms with Crippen LogP contribution in [0.5, 0.6) is 11.5 Å². The smallest absolute Gasteiger partial charge is 0.259 e. The van der Waals surface area contributed by atoms with Crippen molar-refractivity contribution in [3.05, 3.63) is 47.0 Å². The zero-order valence-electron chi connectivity index (χ0n) is 10.7. The summed E-state index contributed by atoms with van der Waals surface area (Å²) in [6, 6.07) is 9.53. The molecular formula is C14H13ClN2O3. The number of anilines is 2. The summed E-state index contributed by atoms with van der Waals surface area (Å²) in [6.45, 7) is 0. The van der Waals surface area contributed by atoms with Gasteiger partial charge in [-0.3, -0.25) is 4.79 Å². The fraction of sp³-hybridized carbons (Fsp3) is 0.0714. The summed E-state index contributed by atoms with van der Waals surface area (Å²) in [6.07, 6.45) is 0. The summed E-state index contributed by atoms with van der Waals surface area (Å²) >= 11 is 5.98. The third kappa shape index (κ3) is 2.62. The van der Waals surface area contributed by atoms with Gasteiger partial charge in [0.2, 0.25) is 0 Å². The number of ether oxygens (including phenoxy) is 1. The summed E-state index contributed by atoms with van der Waals surface area (Å²) < 4.78 is 4.95. The predicted octanol–water partition coefficient (Wildman–Crippen LogP) is 2.89. The number of methoxy groups -OCH3 is 1. The molecule has 4 N–H and O–H groups in total. The maximum absolute atomic E-state index is 12.2. The Hall–Kier alpha value is -2.40. The Morgan fingerprint density at radius 1 is 1.30 bits per heavy atom. The number of aromatic hydroxyl groups is 1. The van der Waals surface area contributed by atoms with Crippen molar-refractivity contribution in [3.63, 3.8) is 0 Å². The summed E-state index contributed by atoms with van der Waals surface area (Å²) in [7, 11) is 1.41. The minimum absolute atomic E-state index is 0.0728. The Morgan fingerprint density at radius 2 is 2.00 bits per heavy atom. The Labute approximate surface area is 120 Å². The monoisotopic (exact) mass is 292 g/mol. The van der Waals surface area contributed by atoms with E-state index in [2.05, 4.69) is 5.32 Å². The van der Waals surface area contributed by atoms with Crippen molar-refractivity contribution >= 4 is 28.9 Å².